The molecule has 72 valence electrons. The Balaban J connectivity index is 2.58. The summed E-state index contributed by atoms with van der Waals surface area (Å²) in [4.78, 5) is 1.00. The third-order valence-corrected chi connectivity index (χ3v) is 2.98. The van der Waals surface area contributed by atoms with Gasteiger partial charge in [0.05, 0.1) is 10.6 Å². The van der Waals surface area contributed by atoms with Gasteiger partial charge in [-0.25, -0.2) is 0 Å². The third-order valence-electron chi connectivity index (χ3n) is 2.02. The second-order valence-corrected chi connectivity index (χ2v) is 3.97. The van der Waals surface area contributed by atoms with Crippen LogP contribution < -0.4 is 17.2 Å². The van der Waals surface area contributed by atoms with Gasteiger partial charge in [0.2, 0.25) is 0 Å². The number of hydrogen-bond acceptors (Lipinski definition) is 4. The van der Waals surface area contributed by atoms with Gasteiger partial charge in [0, 0.05) is 16.9 Å². The zero-order valence-electron chi connectivity index (χ0n) is 7.53. The number of nitrogens with two attached hydrogens (primary N) is 3. The molecule has 0 fully saturated rings. The maximum absolute atomic E-state index is 5.85. The van der Waals surface area contributed by atoms with Crippen LogP contribution in [-0.2, 0) is 0 Å². The maximum Gasteiger partial charge on any atom is 0.0592 e. The molecule has 1 aromatic carbocycles. The smallest absolute Gasteiger partial charge is 0.0592 e. The summed E-state index contributed by atoms with van der Waals surface area (Å²) in [5.41, 5.74) is 20.3. The SMILES string of the molecule is Nc1ccc(-c2sccc2N)c(N)c1. The van der Waals surface area contributed by atoms with Crippen LogP contribution in [0.25, 0.3) is 10.4 Å². The number of nitrogen functional groups attached to an aromatic ring is 3. The fraction of sp³-hybridized carbons (Fsp3) is 0. The molecule has 0 aliphatic carbocycles. The predicted molar refractivity (Wildman–Crippen MR) is 63.0 cm³/mol. The number of anilines is 3. The van der Waals surface area contributed by atoms with Gasteiger partial charge in [-0.15, -0.1) is 11.3 Å². The van der Waals surface area contributed by atoms with Crippen molar-refractivity contribution in [3.05, 3.63) is 29.6 Å². The highest BCUT2D eigenvalue weighted by Crippen LogP contribution is 2.35. The zero-order valence-corrected chi connectivity index (χ0v) is 8.34. The van der Waals surface area contributed by atoms with Gasteiger partial charge in [0.15, 0.2) is 0 Å². The second kappa shape index (κ2) is 3.23. The molecule has 0 saturated carbocycles. The van der Waals surface area contributed by atoms with Crippen LogP contribution in [0.3, 0.4) is 0 Å². The van der Waals surface area contributed by atoms with Gasteiger partial charge in [-0.3, -0.25) is 0 Å². The van der Waals surface area contributed by atoms with E-state index in [2.05, 4.69) is 0 Å². The number of thiophene rings is 1. The van der Waals surface area contributed by atoms with Crippen molar-refractivity contribution >= 4 is 28.4 Å². The Bertz CT molecular complexity index is 462. The Labute approximate surface area is 86.1 Å². The van der Waals surface area contributed by atoms with E-state index in [1.54, 1.807) is 17.4 Å². The Kier molecular flexibility index (Phi) is 2.05. The standard InChI is InChI=1S/C10H11N3S/c11-6-1-2-7(9(13)5-6)10-8(12)3-4-14-10/h1-5H,11-13H2. The molecule has 0 spiro atoms. The molecule has 0 saturated heterocycles. The first-order valence-electron chi connectivity index (χ1n) is 4.17. The molecular weight excluding hydrogens is 194 g/mol. The van der Waals surface area contributed by atoms with Crippen molar-refractivity contribution in [2.75, 3.05) is 17.2 Å². The normalized spacial score (nSPS) is 10.3. The zero-order chi connectivity index (χ0) is 10.1. The Morgan fingerprint density at radius 2 is 1.71 bits per heavy atom. The van der Waals surface area contributed by atoms with Gasteiger partial charge < -0.3 is 17.2 Å². The molecule has 1 heterocycles. The highest BCUT2D eigenvalue weighted by molar-refractivity contribution is 7.14. The molecule has 0 aliphatic rings. The highest BCUT2D eigenvalue weighted by Gasteiger charge is 2.07. The van der Waals surface area contributed by atoms with Crippen LogP contribution in [0.15, 0.2) is 29.6 Å². The lowest BCUT2D eigenvalue weighted by molar-refractivity contribution is 1.65. The molecule has 0 aliphatic heterocycles. The molecule has 0 atom stereocenters. The van der Waals surface area contributed by atoms with Gasteiger partial charge in [0.1, 0.15) is 0 Å². The Morgan fingerprint density at radius 3 is 2.29 bits per heavy atom. The van der Waals surface area contributed by atoms with Crippen molar-refractivity contribution in [1.29, 1.82) is 0 Å². The van der Waals surface area contributed by atoms with E-state index < -0.39 is 0 Å². The van der Waals surface area contributed by atoms with Crippen molar-refractivity contribution in [2.45, 2.75) is 0 Å². The second-order valence-electron chi connectivity index (χ2n) is 3.05. The summed E-state index contributed by atoms with van der Waals surface area (Å²) in [6, 6.07) is 7.34. The topological polar surface area (TPSA) is 78.1 Å². The van der Waals surface area contributed by atoms with Gasteiger partial charge in [-0.1, -0.05) is 0 Å². The van der Waals surface area contributed by atoms with Gasteiger partial charge in [-0.2, -0.15) is 0 Å². The van der Waals surface area contributed by atoms with Crippen LogP contribution in [0.2, 0.25) is 0 Å². The Morgan fingerprint density at radius 1 is 0.929 bits per heavy atom. The lowest BCUT2D eigenvalue weighted by Gasteiger charge is -2.05. The van der Waals surface area contributed by atoms with Crippen LogP contribution in [0, 0.1) is 0 Å². The van der Waals surface area contributed by atoms with Crippen molar-refractivity contribution < 1.29 is 0 Å². The van der Waals surface area contributed by atoms with Crippen LogP contribution in [0.5, 0.6) is 0 Å². The molecular formula is C10H11N3S. The van der Waals surface area contributed by atoms with E-state index in [0.717, 1.165) is 16.1 Å². The van der Waals surface area contributed by atoms with Crippen LogP contribution in [0.4, 0.5) is 17.1 Å². The van der Waals surface area contributed by atoms with Crippen molar-refractivity contribution in [2.24, 2.45) is 0 Å². The first-order chi connectivity index (χ1) is 6.68. The lowest BCUT2D eigenvalue weighted by Crippen LogP contribution is -1.93. The summed E-state index contributed by atoms with van der Waals surface area (Å²) >= 11 is 1.58. The minimum atomic E-state index is 0.666. The van der Waals surface area contributed by atoms with Crippen molar-refractivity contribution in [3.63, 3.8) is 0 Å². The molecule has 3 nitrogen and oxygen atoms in total. The molecule has 0 unspecified atom stereocenters. The number of rotatable bonds is 1. The summed E-state index contributed by atoms with van der Waals surface area (Å²) < 4.78 is 0. The predicted octanol–water partition coefficient (Wildman–Crippen LogP) is 2.16. The third kappa shape index (κ3) is 1.40. The number of hydrogen-bond donors (Lipinski definition) is 3. The number of benzene rings is 1. The average molecular weight is 205 g/mol. The van der Waals surface area contributed by atoms with E-state index >= 15 is 0 Å². The summed E-state index contributed by atoms with van der Waals surface area (Å²) in [5.74, 6) is 0. The minimum Gasteiger partial charge on any atom is -0.399 e. The summed E-state index contributed by atoms with van der Waals surface area (Å²) in [7, 11) is 0. The average Bonchev–Trinajstić information content (AvgIpc) is 2.52. The molecule has 6 N–H and O–H groups in total. The molecule has 0 amide bonds. The van der Waals surface area contributed by atoms with Gasteiger partial charge >= 0.3 is 0 Å². The van der Waals surface area contributed by atoms with Crippen molar-refractivity contribution in [1.82, 2.24) is 0 Å². The van der Waals surface area contributed by atoms with Crippen molar-refractivity contribution in [3.8, 4) is 10.4 Å². The monoisotopic (exact) mass is 205 g/mol. The first-order valence-corrected chi connectivity index (χ1v) is 5.05. The fourth-order valence-corrected chi connectivity index (χ4v) is 2.19. The van der Waals surface area contributed by atoms with Gasteiger partial charge in [0.25, 0.3) is 0 Å². The molecule has 4 heteroatoms. The van der Waals surface area contributed by atoms with E-state index in [9.17, 15) is 0 Å². The molecule has 2 aromatic rings. The first kappa shape index (κ1) is 8.90. The van der Waals surface area contributed by atoms with E-state index in [1.165, 1.54) is 0 Å². The largest absolute Gasteiger partial charge is 0.399 e. The quantitative estimate of drug-likeness (QED) is 0.624. The molecule has 0 radical (unpaired) electrons. The van der Waals surface area contributed by atoms with E-state index in [0.29, 0.717) is 11.4 Å². The summed E-state index contributed by atoms with van der Waals surface area (Å²) in [6.45, 7) is 0. The highest BCUT2D eigenvalue weighted by atomic mass is 32.1. The van der Waals surface area contributed by atoms with E-state index in [1.807, 2.05) is 23.6 Å². The summed E-state index contributed by atoms with van der Waals surface area (Å²) in [5, 5.41) is 1.94. The van der Waals surface area contributed by atoms with Crippen LogP contribution in [-0.4, -0.2) is 0 Å². The van der Waals surface area contributed by atoms with E-state index in [4.69, 9.17) is 17.2 Å². The van der Waals surface area contributed by atoms with Crippen LogP contribution >= 0.6 is 11.3 Å². The Hall–Kier alpha value is -1.68. The fourth-order valence-electron chi connectivity index (χ4n) is 1.33. The molecule has 2 rings (SSSR count). The molecule has 0 bridgehead atoms. The molecule has 14 heavy (non-hydrogen) atoms. The van der Waals surface area contributed by atoms with E-state index in [-0.39, 0.29) is 0 Å². The maximum atomic E-state index is 5.85. The molecule has 1 aromatic heterocycles. The minimum absolute atomic E-state index is 0.666. The summed E-state index contributed by atoms with van der Waals surface area (Å²) in [6.07, 6.45) is 0. The lowest BCUT2D eigenvalue weighted by atomic mass is 10.1. The van der Waals surface area contributed by atoms with Crippen LogP contribution in [0.1, 0.15) is 0 Å². The van der Waals surface area contributed by atoms with Gasteiger partial charge in [-0.05, 0) is 29.6 Å².